The monoisotopic (exact) mass is 243 g/mol. The Kier molecular flexibility index (Phi) is 3.40. The smallest absolute Gasteiger partial charge is 0.142 e. The van der Waals surface area contributed by atoms with Gasteiger partial charge in [-0.25, -0.2) is 4.98 Å². The summed E-state index contributed by atoms with van der Waals surface area (Å²) in [5.74, 6) is 0. The van der Waals surface area contributed by atoms with Gasteiger partial charge in [0, 0.05) is 28.2 Å². The molecule has 2 aromatic rings. The number of rotatable bonds is 3. The molecule has 0 unspecified atom stereocenters. The van der Waals surface area contributed by atoms with E-state index in [2.05, 4.69) is 30.2 Å². The highest BCUT2D eigenvalue weighted by atomic mass is 32.1. The van der Waals surface area contributed by atoms with E-state index in [1.807, 2.05) is 12.1 Å². The Morgan fingerprint density at radius 2 is 2.24 bits per heavy atom. The van der Waals surface area contributed by atoms with Crippen LogP contribution in [0.25, 0.3) is 0 Å². The molecule has 0 bridgehead atoms. The van der Waals surface area contributed by atoms with Gasteiger partial charge in [0.15, 0.2) is 0 Å². The molecule has 4 heteroatoms. The molecule has 0 aliphatic heterocycles. The molecule has 0 aromatic carbocycles. The van der Waals surface area contributed by atoms with E-state index in [4.69, 9.17) is 5.26 Å². The lowest BCUT2D eigenvalue weighted by Crippen LogP contribution is -1.98. The number of nitriles is 1. The summed E-state index contributed by atoms with van der Waals surface area (Å²) in [5, 5.41) is 12.0. The third-order valence-electron chi connectivity index (χ3n) is 2.56. The second-order valence-electron chi connectivity index (χ2n) is 3.85. The van der Waals surface area contributed by atoms with Gasteiger partial charge in [0.05, 0.1) is 0 Å². The highest BCUT2D eigenvalue weighted by Crippen LogP contribution is 2.21. The van der Waals surface area contributed by atoms with Gasteiger partial charge in [-0.1, -0.05) is 0 Å². The summed E-state index contributed by atoms with van der Waals surface area (Å²) in [6, 6.07) is 7.85. The molecule has 0 atom stereocenters. The summed E-state index contributed by atoms with van der Waals surface area (Å²) in [7, 11) is 0. The Morgan fingerprint density at radius 3 is 2.88 bits per heavy atom. The van der Waals surface area contributed by atoms with Crippen molar-refractivity contribution in [2.75, 3.05) is 5.32 Å². The van der Waals surface area contributed by atoms with E-state index in [0.29, 0.717) is 5.69 Å². The summed E-state index contributed by atoms with van der Waals surface area (Å²) in [4.78, 5) is 6.59. The van der Waals surface area contributed by atoms with Crippen LogP contribution in [-0.4, -0.2) is 4.98 Å². The molecule has 0 fully saturated rings. The maximum atomic E-state index is 8.75. The molecular formula is C13H13N3S. The van der Waals surface area contributed by atoms with Crippen LogP contribution >= 0.6 is 11.3 Å². The third kappa shape index (κ3) is 2.83. The third-order valence-corrected chi connectivity index (χ3v) is 3.71. The second-order valence-corrected chi connectivity index (χ2v) is 5.19. The fourth-order valence-corrected chi connectivity index (χ4v) is 2.52. The summed E-state index contributed by atoms with van der Waals surface area (Å²) >= 11 is 1.80. The Bertz CT molecular complexity index is 547. The predicted molar refractivity (Wildman–Crippen MR) is 70.1 cm³/mol. The highest BCUT2D eigenvalue weighted by Gasteiger charge is 2.01. The first-order valence-electron chi connectivity index (χ1n) is 5.35. The van der Waals surface area contributed by atoms with Crippen molar-refractivity contribution in [3.63, 3.8) is 0 Å². The number of hydrogen-bond donors (Lipinski definition) is 1. The molecular weight excluding hydrogens is 230 g/mol. The van der Waals surface area contributed by atoms with Crippen molar-refractivity contribution >= 4 is 17.0 Å². The molecule has 1 N–H and O–H groups in total. The van der Waals surface area contributed by atoms with Crippen LogP contribution in [0.2, 0.25) is 0 Å². The number of hydrogen-bond acceptors (Lipinski definition) is 4. The van der Waals surface area contributed by atoms with E-state index in [-0.39, 0.29) is 0 Å². The second kappa shape index (κ2) is 4.98. The van der Waals surface area contributed by atoms with Gasteiger partial charge in [-0.3, -0.25) is 0 Å². The Morgan fingerprint density at radius 1 is 1.41 bits per heavy atom. The number of nitrogens with one attached hydrogen (secondary N) is 1. The average molecular weight is 243 g/mol. The summed E-state index contributed by atoms with van der Waals surface area (Å²) in [5.41, 5.74) is 2.70. The normalized spacial score (nSPS) is 9.94. The van der Waals surface area contributed by atoms with Crippen molar-refractivity contribution in [2.24, 2.45) is 0 Å². The quantitative estimate of drug-likeness (QED) is 0.900. The van der Waals surface area contributed by atoms with Crippen molar-refractivity contribution in [3.05, 3.63) is 45.4 Å². The maximum absolute atomic E-state index is 8.75. The van der Waals surface area contributed by atoms with Gasteiger partial charge in [-0.15, -0.1) is 11.3 Å². The van der Waals surface area contributed by atoms with E-state index in [1.54, 1.807) is 23.6 Å². The zero-order valence-corrected chi connectivity index (χ0v) is 10.6. The standard InChI is InChI=1S/C13H13N3S/c1-9-5-13(17-10(9)2)8-16-11-3-4-15-12(6-11)7-14/h3-6H,8H2,1-2H3,(H,15,16). The number of thiophene rings is 1. The SMILES string of the molecule is Cc1cc(CNc2ccnc(C#N)c2)sc1C. The van der Waals surface area contributed by atoms with E-state index in [9.17, 15) is 0 Å². The number of aromatic nitrogens is 1. The first-order valence-corrected chi connectivity index (χ1v) is 6.16. The number of nitrogens with zero attached hydrogens (tertiary/aromatic N) is 2. The van der Waals surface area contributed by atoms with Crippen molar-refractivity contribution in [3.8, 4) is 6.07 Å². The van der Waals surface area contributed by atoms with Gasteiger partial charge in [0.25, 0.3) is 0 Å². The average Bonchev–Trinajstić information content (AvgIpc) is 2.67. The molecule has 0 spiro atoms. The molecule has 86 valence electrons. The Balaban J connectivity index is 2.05. The van der Waals surface area contributed by atoms with Gasteiger partial charge in [-0.2, -0.15) is 5.26 Å². The minimum atomic E-state index is 0.438. The van der Waals surface area contributed by atoms with Gasteiger partial charge < -0.3 is 5.32 Å². The van der Waals surface area contributed by atoms with Gasteiger partial charge in [0.1, 0.15) is 11.8 Å². The fourth-order valence-electron chi connectivity index (χ4n) is 1.53. The minimum absolute atomic E-state index is 0.438. The van der Waals surface area contributed by atoms with Gasteiger partial charge in [0.2, 0.25) is 0 Å². The van der Waals surface area contributed by atoms with Crippen LogP contribution in [0.4, 0.5) is 5.69 Å². The highest BCUT2D eigenvalue weighted by molar-refractivity contribution is 7.12. The van der Waals surface area contributed by atoms with Crippen LogP contribution in [0.1, 0.15) is 21.0 Å². The van der Waals surface area contributed by atoms with Crippen LogP contribution in [0.5, 0.6) is 0 Å². The number of anilines is 1. The first kappa shape index (κ1) is 11.6. The van der Waals surface area contributed by atoms with Crippen LogP contribution in [0.3, 0.4) is 0 Å². The van der Waals surface area contributed by atoms with Gasteiger partial charge in [-0.05, 0) is 37.6 Å². The van der Waals surface area contributed by atoms with Crippen molar-refractivity contribution in [2.45, 2.75) is 20.4 Å². The zero-order valence-electron chi connectivity index (χ0n) is 9.82. The lowest BCUT2D eigenvalue weighted by atomic mass is 10.3. The van der Waals surface area contributed by atoms with E-state index in [0.717, 1.165) is 12.2 Å². The molecule has 2 rings (SSSR count). The molecule has 0 saturated carbocycles. The Labute approximate surface area is 105 Å². The fraction of sp³-hybridized carbons (Fsp3) is 0.231. The lowest BCUT2D eigenvalue weighted by molar-refractivity contribution is 1.17. The van der Waals surface area contributed by atoms with Crippen LogP contribution < -0.4 is 5.32 Å². The molecule has 0 radical (unpaired) electrons. The van der Waals surface area contributed by atoms with E-state index in [1.165, 1.54) is 15.3 Å². The number of aryl methyl sites for hydroxylation is 2. The summed E-state index contributed by atoms with van der Waals surface area (Å²) in [6.45, 7) is 5.04. The minimum Gasteiger partial charge on any atom is -0.380 e. The number of pyridine rings is 1. The summed E-state index contributed by atoms with van der Waals surface area (Å²) < 4.78 is 0. The molecule has 2 heterocycles. The van der Waals surface area contributed by atoms with Crippen molar-refractivity contribution in [1.29, 1.82) is 5.26 Å². The largest absolute Gasteiger partial charge is 0.380 e. The zero-order chi connectivity index (χ0) is 12.3. The maximum Gasteiger partial charge on any atom is 0.142 e. The summed E-state index contributed by atoms with van der Waals surface area (Å²) in [6.07, 6.45) is 1.64. The molecule has 0 amide bonds. The van der Waals surface area contributed by atoms with Gasteiger partial charge >= 0.3 is 0 Å². The molecule has 0 saturated heterocycles. The Hall–Kier alpha value is -1.86. The molecule has 2 aromatic heterocycles. The molecule has 17 heavy (non-hydrogen) atoms. The first-order chi connectivity index (χ1) is 8.19. The van der Waals surface area contributed by atoms with Crippen LogP contribution in [0.15, 0.2) is 24.4 Å². The van der Waals surface area contributed by atoms with E-state index < -0.39 is 0 Å². The molecule has 0 aliphatic carbocycles. The molecule has 0 aliphatic rings. The predicted octanol–water partition coefficient (Wildman–Crippen LogP) is 3.24. The van der Waals surface area contributed by atoms with Crippen LogP contribution in [-0.2, 0) is 6.54 Å². The lowest BCUT2D eigenvalue weighted by Gasteiger charge is -2.04. The molecule has 3 nitrogen and oxygen atoms in total. The topological polar surface area (TPSA) is 48.7 Å². The van der Waals surface area contributed by atoms with Crippen molar-refractivity contribution < 1.29 is 0 Å². The van der Waals surface area contributed by atoms with Crippen LogP contribution in [0, 0.1) is 25.2 Å². The van der Waals surface area contributed by atoms with E-state index >= 15 is 0 Å². The van der Waals surface area contributed by atoms with Crippen molar-refractivity contribution in [1.82, 2.24) is 4.98 Å².